The van der Waals surface area contributed by atoms with E-state index >= 15 is 0 Å². The minimum absolute atomic E-state index is 0.0470. The fourth-order valence-electron chi connectivity index (χ4n) is 3.34. The van der Waals surface area contributed by atoms with E-state index < -0.39 is 0 Å². The standard InChI is InChI=1S/C22H23N3O4S/c26-20(13-17-15-30-22(23-17)24-21(27)19-7-4-12-28-19)25-10-8-18(9-11-25)29-14-16-5-2-1-3-6-16/h1-7,12,15,18H,8-11,13-14H2,(H,23,24,27). The van der Waals surface area contributed by atoms with Crippen LogP contribution in [0.15, 0.2) is 58.5 Å². The summed E-state index contributed by atoms with van der Waals surface area (Å²) in [6, 6.07) is 13.3. The third kappa shape index (κ3) is 5.34. The quantitative estimate of drug-likeness (QED) is 0.623. The summed E-state index contributed by atoms with van der Waals surface area (Å²) < 4.78 is 11.1. The van der Waals surface area contributed by atoms with Crippen molar-refractivity contribution >= 4 is 28.3 Å². The van der Waals surface area contributed by atoms with Crippen LogP contribution in [0, 0.1) is 0 Å². The molecule has 0 atom stereocenters. The number of ether oxygens (including phenoxy) is 1. The van der Waals surface area contributed by atoms with Crippen molar-refractivity contribution in [2.24, 2.45) is 0 Å². The van der Waals surface area contributed by atoms with Crippen LogP contribution in [0.3, 0.4) is 0 Å². The predicted octanol–water partition coefficient (Wildman–Crippen LogP) is 3.74. The zero-order valence-corrected chi connectivity index (χ0v) is 17.3. The number of piperidine rings is 1. The van der Waals surface area contributed by atoms with Crippen molar-refractivity contribution in [1.29, 1.82) is 0 Å². The summed E-state index contributed by atoms with van der Waals surface area (Å²) in [5, 5.41) is 4.93. The molecule has 1 aromatic carbocycles. The third-order valence-corrected chi connectivity index (χ3v) is 5.78. The molecule has 1 fully saturated rings. The fourth-order valence-corrected chi connectivity index (χ4v) is 4.04. The van der Waals surface area contributed by atoms with Crippen molar-refractivity contribution in [3.8, 4) is 0 Å². The van der Waals surface area contributed by atoms with Crippen molar-refractivity contribution in [3.63, 3.8) is 0 Å². The minimum Gasteiger partial charge on any atom is -0.459 e. The van der Waals surface area contributed by atoms with Crippen molar-refractivity contribution in [2.45, 2.75) is 32.0 Å². The molecular weight excluding hydrogens is 402 g/mol. The summed E-state index contributed by atoms with van der Waals surface area (Å²) in [6.45, 7) is 1.97. The molecule has 3 aromatic rings. The Kier molecular flexibility index (Phi) is 6.56. The van der Waals surface area contributed by atoms with Crippen LogP contribution in [-0.4, -0.2) is 40.9 Å². The molecule has 3 heterocycles. The van der Waals surface area contributed by atoms with E-state index in [0.717, 1.165) is 18.4 Å². The van der Waals surface area contributed by atoms with Crippen molar-refractivity contribution < 1.29 is 18.7 Å². The number of carbonyl (C=O) groups excluding carboxylic acids is 2. The largest absolute Gasteiger partial charge is 0.459 e. The van der Waals surface area contributed by atoms with E-state index in [2.05, 4.69) is 22.4 Å². The summed E-state index contributed by atoms with van der Waals surface area (Å²) >= 11 is 1.29. The molecule has 2 amide bonds. The van der Waals surface area contributed by atoms with Gasteiger partial charge in [0.05, 0.1) is 31.1 Å². The van der Waals surface area contributed by atoms with Crippen LogP contribution in [-0.2, 0) is 22.6 Å². The molecule has 4 rings (SSSR count). The second-order valence-corrected chi connectivity index (χ2v) is 7.99. The smallest absolute Gasteiger partial charge is 0.293 e. The van der Waals surface area contributed by atoms with E-state index in [1.165, 1.54) is 17.6 Å². The maximum atomic E-state index is 12.6. The molecule has 0 unspecified atom stereocenters. The molecule has 0 spiro atoms. The average Bonchev–Trinajstić information content (AvgIpc) is 3.46. The third-order valence-electron chi connectivity index (χ3n) is 4.97. The summed E-state index contributed by atoms with van der Waals surface area (Å²) in [7, 11) is 0. The Morgan fingerprint density at radius 1 is 1.17 bits per heavy atom. The number of carbonyl (C=O) groups is 2. The molecular formula is C22H23N3O4S. The number of nitrogens with zero attached hydrogens (tertiary/aromatic N) is 2. The minimum atomic E-state index is -0.357. The van der Waals surface area contributed by atoms with Gasteiger partial charge in [-0.15, -0.1) is 11.3 Å². The van der Waals surface area contributed by atoms with E-state index in [4.69, 9.17) is 9.15 Å². The number of nitrogens with one attached hydrogen (secondary N) is 1. The van der Waals surface area contributed by atoms with Crippen LogP contribution >= 0.6 is 11.3 Å². The van der Waals surface area contributed by atoms with Gasteiger partial charge in [-0.3, -0.25) is 14.9 Å². The van der Waals surface area contributed by atoms with Gasteiger partial charge >= 0.3 is 0 Å². The maximum absolute atomic E-state index is 12.6. The van der Waals surface area contributed by atoms with Gasteiger partial charge in [0.15, 0.2) is 10.9 Å². The van der Waals surface area contributed by atoms with Crippen LogP contribution in [0.5, 0.6) is 0 Å². The van der Waals surface area contributed by atoms with Crippen LogP contribution < -0.4 is 5.32 Å². The molecule has 1 aliphatic heterocycles. The van der Waals surface area contributed by atoms with Crippen molar-refractivity contribution in [3.05, 3.63) is 71.1 Å². The number of hydrogen-bond donors (Lipinski definition) is 1. The molecule has 1 N–H and O–H groups in total. The highest BCUT2D eigenvalue weighted by Gasteiger charge is 2.24. The zero-order chi connectivity index (χ0) is 20.8. The molecule has 7 nitrogen and oxygen atoms in total. The first-order chi connectivity index (χ1) is 14.7. The number of rotatable bonds is 7. The summed E-state index contributed by atoms with van der Waals surface area (Å²) in [4.78, 5) is 30.8. The van der Waals surface area contributed by atoms with Gasteiger partial charge in [-0.05, 0) is 30.5 Å². The van der Waals surface area contributed by atoms with Gasteiger partial charge in [-0.2, -0.15) is 0 Å². The highest BCUT2D eigenvalue weighted by atomic mass is 32.1. The maximum Gasteiger partial charge on any atom is 0.293 e. The number of amides is 2. The van der Waals surface area contributed by atoms with Gasteiger partial charge in [0.2, 0.25) is 5.91 Å². The van der Waals surface area contributed by atoms with E-state index in [9.17, 15) is 9.59 Å². The van der Waals surface area contributed by atoms with Gasteiger partial charge in [0.1, 0.15) is 0 Å². The molecule has 0 radical (unpaired) electrons. The van der Waals surface area contributed by atoms with Gasteiger partial charge in [0.25, 0.3) is 5.91 Å². The Bertz CT molecular complexity index is 963. The Balaban J connectivity index is 1.21. The molecule has 8 heteroatoms. The van der Waals surface area contributed by atoms with E-state index in [1.807, 2.05) is 23.1 Å². The first kappa shape index (κ1) is 20.3. The lowest BCUT2D eigenvalue weighted by molar-refractivity contribution is -0.133. The van der Waals surface area contributed by atoms with Gasteiger partial charge in [-0.25, -0.2) is 4.98 Å². The SMILES string of the molecule is O=C(Nc1nc(CC(=O)N2CCC(OCc3ccccc3)CC2)cs1)c1ccco1. The number of furan rings is 1. The topological polar surface area (TPSA) is 84.7 Å². The van der Waals surface area contributed by atoms with Gasteiger partial charge in [0, 0.05) is 18.5 Å². The van der Waals surface area contributed by atoms with Gasteiger partial charge in [-0.1, -0.05) is 30.3 Å². The summed E-state index contributed by atoms with van der Waals surface area (Å²) in [6.07, 6.45) is 3.51. The molecule has 30 heavy (non-hydrogen) atoms. The number of hydrogen-bond acceptors (Lipinski definition) is 6. The first-order valence-electron chi connectivity index (χ1n) is 9.90. The second-order valence-electron chi connectivity index (χ2n) is 7.13. The fraction of sp³-hybridized carbons (Fsp3) is 0.318. The lowest BCUT2D eigenvalue weighted by Crippen LogP contribution is -2.41. The highest BCUT2D eigenvalue weighted by molar-refractivity contribution is 7.14. The lowest BCUT2D eigenvalue weighted by atomic mass is 10.1. The normalized spacial score (nSPS) is 14.6. The monoisotopic (exact) mass is 425 g/mol. The van der Waals surface area contributed by atoms with Crippen LogP contribution in [0.2, 0.25) is 0 Å². The van der Waals surface area contributed by atoms with Crippen molar-refractivity contribution in [1.82, 2.24) is 9.88 Å². The Morgan fingerprint density at radius 2 is 1.97 bits per heavy atom. The van der Waals surface area contributed by atoms with Crippen LogP contribution in [0.4, 0.5) is 5.13 Å². The van der Waals surface area contributed by atoms with E-state index in [0.29, 0.717) is 30.5 Å². The average molecular weight is 426 g/mol. The van der Waals surface area contributed by atoms with Gasteiger partial charge < -0.3 is 14.1 Å². The van der Waals surface area contributed by atoms with Crippen LogP contribution in [0.25, 0.3) is 0 Å². The highest BCUT2D eigenvalue weighted by Crippen LogP contribution is 2.20. The van der Waals surface area contributed by atoms with E-state index in [-0.39, 0.29) is 30.1 Å². The number of anilines is 1. The Hall–Kier alpha value is -2.97. The number of thiazole rings is 1. The summed E-state index contributed by atoms with van der Waals surface area (Å²) in [5.41, 5.74) is 1.82. The number of aromatic nitrogens is 1. The van der Waals surface area contributed by atoms with Crippen molar-refractivity contribution in [2.75, 3.05) is 18.4 Å². The zero-order valence-electron chi connectivity index (χ0n) is 16.5. The molecule has 2 aromatic heterocycles. The van der Waals surface area contributed by atoms with Crippen LogP contribution in [0.1, 0.15) is 34.7 Å². The molecule has 0 saturated carbocycles. The molecule has 1 saturated heterocycles. The summed E-state index contributed by atoms with van der Waals surface area (Å²) in [5.74, 6) is -0.0873. The molecule has 0 aliphatic carbocycles. The number of likely N-dealkylation sites (tertiary alicyclic amines) is 1. The molecule has 0 bridgehead atoms. The number of benzene rings is 1. The Labute approximate surface area is 178 Å². The lowest BCUT2D eigenvalue weighted by Gasteiger charge is -2.32. The second kappa shape index (κ2) is 9.69. The van der Waals surface area contributed by atoms with E-state index in [1.54, 1.807) is 17.5 Å². The Morgan fingerprint density at radius 3 is 2.70 bits per heavy atom. The predicted molar refractivity (Wildman–Crippen MR) is 113 cm³/mol. The first-order valence-corrected chi connectivity index (χ1v) is 10.8. The molecule has 1 aliphatic rings. The molecule has 156 valence electrons.